The monoisotopic (exact) mass is 358 g/mol. The maximum absolute atomic E-state index is 11.8. The number of phenolic OH excluding ortho intramolecular Hbond substituents is 1. The third-order valence-corrected chi connectivity index (χ3v) is 4.03. The van der Waals surface area contributed by atoms with Gasteiger partial charge in [0, 0.05) is 17.1 Å². The van der Waals surface area contributed by atoms with Gasteiger partial charge in [-0.2, -0.15) is 0 Å². The zero-order chi connectivity index (χ0) is 17.1. The van der Waals surface area contributed by atoms with Crippen molar-refractivity contribution in [1.29, 1.82) is 0 Å². The topological polar surface area (TPSA) is 95.9 Å². The summed E-state index contributed by atoms with van der Waals surface area (Å²) in [5.74, 6) is -1.26. The Morgan fingerprint density at radius 2 is 2.08 bits per heavy atom. The molecule has 1 N–H and O–H groups in total. The van der Waals surface area contributed by atoms with Crippen molar-refractivity contribution in [3.8, 4) is 11.5 Å². The largest absolute Gasteiger partial charge is 1.00 e. The summed E-state index contributed by atoms with van der Waals surface area (Å²) in [7, 11) is 1.50. The van der Waals surface area contributed by atoms with E-state index in [4.69, 9.17) is 9.47 Å². The first-order valence-electron chi connectivity index (χ1n) is 7.30. The van der Waals surface area contributed by atoms with Crippen LogP contribution in [-0.4, -0.2) is 24.2 Å². The van der Waals surface area contributed by atoms with Crippen LogP contribution in [-0.2, 0) is 22.6 Å². The molecule has 6 nitrogen and oxygen atoms in total. The number of phenols is 1. The number of aromatic hydroxyl groups is 1. The second kappa shape index (κ2) is 9.01. The van der Waals surface area contributed by atoms with E-state index >= 15 is 0 Å². The number of carbonyl (C=O) groups is 2. The predicted octanol–water partition coefficient (Wildman–Crippen LogP) is -1.60. The minimum absolute atomic E-state index is 0. The van der Waals surface area contributed by atoms with Crippen molar-refractivity contribution in [2.45, 2.75) is 39.7 Å². The van der Waals surface area contributed by atoms with Crippen molar-refractivity contribution in [2.75, 3.05) is 7.11 Å². The van der Waals surface area contributed by atoms with Crippen LogP contribution in [0.3, 0.4) is 0 Å². The van der Waals surface area contributed by atoms with E-state index in [0.29, 0.717) is 29.7 Å². The van der Waals surface area contributed by atoms with Gasteiger partial charge in [-0.05, 0) is 38.7 Å². The molecule has 0 radical (unpaired) electrons. The summed E-state index contributed by atoms with van der Waals surface area (Å²) in [6.07, 6.45) is 2.46. The molecule has 0 aromatic heterocycles. The number of cyclic esters (lactones) is 1. The molecular weight excluding hydrogens is 339 g/mol. The second-order valence-electron chi connectivity index (χ2n) is 5.54. The molecule has 24 heavy (non-hydrogen) atoms. The van der Waals surface area contributed by atoms with Crippen molar-refractivity contribution < 1.29 is 80.7 Å². The van der Waals surface area contributed by atoms with Gasteiger partial charge in [0.15, 0.2) is 0 Å². The van der Waals surface area contributed by atoms with E-state index in [-0.39, 0.29) is 75.7 Å². The maximum atomic E-state index is 11.8. The number of carbonyl (C=O) groups excluding carboxylic acids is 2. The first kappa shape index (κ1) is 21.2. The zero-order valence-corrected chi connectivity index (χ0v) is 17.5. The molecule has 7 heteroatoms. The summed E-state index contributed by atoms with van der Waals surface area (Å²) < 4.78 is 10.4. The molecule has 2 rings (SSSR count). The van der Waals surface area contributed by atoms with Gasteiger partial charge < -0.3 is 24.5 Å². The number of aliphatic carboxylic acids is 1. The first-order valence-corrected chi connectivity index (χ1v) is 7.30. The molecule has 1 aromatic rings. The van der Waals surface area contributed by atoms with E-state index in [0.717, 1.165) is 11.1 Å². The van der Waals surface area contributed by atoms with E-state index in [9.17, 15) is 19.8 Å². The Bertz CT molecular complexity index is 693. The number of fused-ring (bicyclic) bond motifs is 1. The fourth-order valence-corrected chi connectivity index (χ4v) is 2.71. The Hall–Kier alpha value is -0.864. The quantitative estimate of drug-likeness (QED) is 0.374. The number of hydrogen-bond donors (Lipinski definition) is 1. The van der Waals surface area contributed by atoms with Gasteiger partial charge in [0.1, 0.15) is 23.7 Å². The van der Waals surface area contributed by atoms with Crippen molar-refractivity contribution >= 4 is 11.9 Å². The fourth-order valence-electron chi connectivity index (χ4n) is 2.71. The van der Waals surface area contributed by atoms with Crippen molar-refractivity contribution in [3.05, 3.63) is 33.9 Å². The summed E-state index contributed by atoms with van der Waals surface area (Å²) in [6.45, 7) is 3.75. The van der Waals surface area contributed by atoms with Crippen molar-refractivity contribution in [1.82, 2.24) is 0 Å². The Kier molecular flexibility index (Phi) is 7.95. The summed E-state index contributed by atoms with van der Waals surface area (Å²) in [4.78, 5) is 22.3. The Balaban J connectivity index is 0.00000288. The number of ether oxygens (including phenoxy) is 2. The Labute approximate surface area is 183 Å². The molecule has 0 bridgehead atoms. The van der Waals surface area contributed by atoms with Crippen LogP contribution in [0.5, 0.6) is 11.5 Å². The number of methoxy groups -OCH3 is 1. The normalized spacial score (nSPS) is 13.1. The van der Waals surface area contributed by atoms with Crippen molar-refractivity contribution in [3.63, 3.8) is 0 Å². The smallest absolute Gasteiger partial charge is 0.550 e. The van der Waals surface area contributed by atoms with Crippen LogP contribution in [0.4, 0.5) is 0 Å². The standard InChI is InChI=1S/C17H20O6.K/c1-9(5-7-13(18)19)4-6-11-15(20)14-12(8-23-17(14)21)10(2)16(11)22-3;/h4,20H,5-8H2,1-3H3,(H,18,19);/q;+1/p-1/b9-4+;. The number of hydrogen-bond acceptors (Lipinski definition) is 6. The van der Waals surface area contributed by atoms with Gasteiger partial charge in [0.05, 0.1) is 7.11 Å². The molecule has 0 atom stereocenters. The molecule has 1 aliphatic rings. The average molecular weight is 358 g/mol. The van der Waals surface area contributed by atoms with Crippen LogP contribution < -0.4 is 61.2 Å². The van der Waals surface area contributed by atoms with Crippen LogP contribution in [0.25, 0.3) is 0 Å². The number of carboxylic acids is 1. The molecule has 124 valence electrons. The van der Waals surface area contributed by atoms with E-state index in [2.05, 4.69) is 0 Å². The minimum atomic E-state index is -1.10. The SMILES string of the molecule is COc1c(C)c2c(c(O)c1C/C=C(\C)CCC(=O)[O-])C(=O)OC2.[K+]. The summed E-state index contributed by atoms with van der Waals surface area (Å²) in [5, 5.41) is 20.9. The van der Waals surface area contributed by atoms with Gasteiger partial charge in [-0.1, -0.05) is 11.6 Å². The molecule has 0 aliphatic carbocycles. The number of carboxylic acid groups (broad SMARTS) is 1. The molecular formula is C17H19KO6. The van der Waals surface area contributed by atoms with Crippen LogP contribution in [0.1, 0.15) is 46.8 Å². The molecule has 0 spiro atoms. The van der Waals surface area contributed by atoms with Crippen LogP contribution in [0.2, 0.25) is 0 Å². The number of benzene rings is 1. The maximum Gasteiger partial charge on any atom is 1.00 e. The van der Waals surface area contributed by atoms with E-state index < -0.39 is 11.9 Å². The van der Waals surface area contributed by atoms with Gasteiger partial charge >= 0.3 is 57.4 Å². The molecule has 0 saturated heterocycles. The van der Waals surface area contributed by atoms with Gasteiger partial charge in [0.2, 0.25) is 0 Å². The fraction of sp³-hybridized carbons (Fsp3) is 0.412. The molecule has 1 heterocycles. The van der Waals surface area contributed by atoms with Gasteiger partial charge in [-0.15, -0.1) is 0 Å². The van der Waals surface area contributed by atoms with E-state index in [1.165, 1.54) is 7.11 Å². The molecule has 0 saturated carbocycles. The van der Waals surface area contributed by atoms with Gasteiger partial charge in [0.25, 0.3) is 0 Å². The van der Waals surface area contributed by atoms with Crippen LogP contribution in [0.15, 0.2) is 11.6 Å². The minimum Gasteiger partial charge on any atom is -0.550 e. The average Bonchev–Trinajstić information content (AvgIpc) is 2.89. The van der Waals surface area contributed by atoms with E-state index in [1.54, 1.807) is 6.92 Å². The zero-order valence-electron chi connectivity index (χ0n) is 14.4. The Morgan fingerprint density at radius 1 is 1.42 bits per heavy atom. The van der Waals surface area contributed by atoms with E-state index in [1.807, 2.05) is 13.0 Å². The number of rotatable bonds is 6. The Morgan fingerprint density at radius 3 is 2.67 bits per heavy atom. The third-order valence-electron chi connectivity index (χ3n) is 4.03. The second-order valence-corrected chi connectivity index (χ2v) is 5.54. The molecule has 1 aliphatic heterocycles. The number of allylic oxidation sites excluding steroid dienone is 2. The van der Waals surface area contributed by atoms with Gasteiger partial charge in [-0.25, -0.2) is 4.79 Å². The van der Waals surface area contributed by atoms with Crippen LogP contribution >= 0.6 is 0 Å². The van der Waals surface area contributed by atoms with Crippen LogP contribution in [0, 0.1) is 6.92 Å². The summed E-state index contributed by atoms with van der Waals surface area (Å²) >= 11 is 0. The van der Waals surface area contributed by atoms with Gasteiger partial charge in [-0.3, -0.25) is 0 Å². The molecule has 0 fully saturated rings. The first-order chi connectivity index (χ1) is 10.9. The summed E-state index contributed by atoms with van der Waals surface area (Å²) in [6, 6.07) is 0. The third kappa shape index (κ3) is 4.40. The molecule has 1 aromatic carbocycles. The summed E-state index contributed by atoms with van der Waals surface area (Å²) in [5.41, 5.74) is 2.96. The van der Waals surface area contributed by atoms with Crippen molar-refractivity contribution in [2.24, 2.45) is 0 Å². The molecule has 0 amide bonds. The number of esters is 1. The predicted molar refractivity (Wildman–Crippen MR) is 80.2 cm³/mol. The molecule has 0 unspecified atom stereocenters.